The van der Waals surface area contributed by atoms with Crippen molar-refractivity contribution in [3.8, 4) is 0 Å². The van der Waals surface area contributed by atoms with Gasteiger partial charge < -0.3 is 16.2 Å². The summed E-state index contributed by atoms with van der Waals surface area (Å²) >= 11 is 0. The average Bonchev–Trinajstić information content (AvgIpc) is 2.27. The molecule has 1 aromatic rings. The summed E-state index contributed by atoms with van der Waals surface area (Å²) in [6, 6.07) is 0. The highest BCUT2D eigenvalue weighted by Gasteiger charge is 2.27. The SMILES string of the molecule is Cc1c(N)nc(C(C)C)nc1NCC1CC(O)C1. The molecule has 0 amide bonds. The van der Waals surface area contributed by atoms with Gasteiger partial charge in [0, 0.05) is 18.0 Å². The Kier molecular flexibility index (Phi) is 3.71. The third-order valence-corrected chi connectivity index (χ3v) is 3.49. The third-order valence-electron chi connectivity index (χ3n) is 3.49. The van der Waals surface area contributed by atoms with Crippen molar-refractivity contribution < 1.29 is 5.11 Å². The number of nitrogens with two attached hydrogens (primary N) is 1. The van der Waals surface area contributed by atoms with E-state index in [1.54, 1.807) is 0 Å². The van der Waals surface area contributed by atoms with E-state index in [1.165, 1.54) is 0 Å². The third kappa shape index (κ3) is 2.72. The highest BCUT2D eigenvalue weighted by atomic mass is 16.3. The van der Waals surface area contributed by atoms with Gasteiger partial charge in [0.05, 0.1) is 6.10 Å². The number of aromatic nitrogens is 2. The quantitative estimate of drug-likeness (QED) is 0.757. The lowest BCUT2D eigenvalue weighted by molar-refractivity contribution is 0.0486. The molecule has 100 valence electrons. The van der Waals surface area contributed by atoms with Gasteiger partial charge >= 0.3 is 0 Å². The van der Waals surface area contributed by atoms with E-state index < -0.39 is 0 Å². The lowest BCUT2D eigenvalue weighted by Gasteiger charge is -2.31. The largest absolute Gasteiger partial charge is 0.393 e. The molecule has 2 rings (SSSR count). The molecule has 1 aromatic heterocycles. The van der Waals surface area contributed by atoms with Gasteiger partial charge in [0.1, 0.15) is 17.5 Å². The standard InChI is InChI=1S/C13H22N4O/c1-7(2)12-16-11(14)8(3)13(17-12)15-6-9-4-10(18)5-9/h7,9-10,18H,4-6H2,1-3H3,(H3,14,15,16,17). The molecule has 4 N–H and O–H groups in total. The molecule has 0 unspecified atom stereocenters. The van der Waals surface area contributed by atoms with E-state index in [4.69, 9.17) is 5.73 Å². The van der Waals surface area contributed by atoms with Crippen molar-refractivity contribution in [2.45, 2.75) is 45.6 Å². The lowest BCUT2D eigenvalue weighted by Crippen LogP contribution is -2.33. The van der Waals surface area contributed by atoms with E-state index in [0.717, 1.165) is 36.6 Å². The van der Waals surface area contributed by atoms with Crippen LogP contribution in [0.3, 0.4) is 0 Å². The average molecular weight is 250 g/mol. The molecule has 5 nitrogen and oxygen atoms in total. The zero-order valence-corrected chi connectivity index (χ0v) is 11.3. The first-order valence-electron chi connectivity index (χ1n) is 6.53. The van der Waals surface area contributed by atoms with E-state index in [-0.39, 0.29) is 12.0 Å². The van der Waals surface area contributed by atoms with Crippen LogP contribution in [0.25, 0.3) is 0 Å². The van der Waals surface area contributed by atoms with Crippen LogP contribution in [0.4, 0.5) is 11.6 Å². The van der Waals surface area contributed by atoms with Gasteiger partial charge in [0.15, 0.2) is 0 Å². The summed E-state index contributed by atoms with van der Waals surface area (Å²) in [6.07, 6.45) is 1.65. The Morgan fingerprint density at radius 1 is 1.39 bits per heavy atom. The highest BCUT2D eigenvalue weighted by molar-refractivity contribution is 5.55. The minimum absolute atomic E-state index is 0.111. The molecule has 0 spiro atoms. The Hall–Kier alpha value is -1.36. The molecule has 1 saturated carbocycles. The molecule has 18 heavy (non-hydrogen) atoms. The van der Waals surface area contributed by atoms with E-state index in [1.807, 2.05) is 6.92 Å². The summed E-state index contributed by atoms with van der Waals surface area (Å²) in [5.74, 6) is 2.95. The van der Waals surface area contributed by atoms with Crippen molar-refractivity contribution in [2.24, 2.45) is 5.92 Å². The number of nitrogens with zero attached hydrogens (tertiary/aromatic N) is 2. The number of hydrogen-bond donors (Lipinski definition) is 3. The van der Waals surface area contributed by atoms with Crippen LogP contribution < -0.4 is 11.1 Å². The fourth-order valence-electron chi connectivity index (χ4n) is 2.09. The van der Waals surface area contributed by atoms with Gasteiger partial charge in [-0.15, -0.1) is 0 Å². The van der Waals surface area contributed by atoms with Crippen LogP contribution in [-0.4, -0.2) is 27.7 Å². The van der Waals surface area contributed by atoms with Crippen molar-refractivity contribution in [1.82, 2.24) is 9.97 Å². The zero-order chi connectivity index (χ0) is 13.3. The Labute approximate surface area is 108 Å². The molecule has 1 heterocycles. The number of anilines is 2. The first-order valence-corrected chi connectivity index (χ1v) is 6.53. The molecule has 1 fully saturated rings. The Bertz CT molecular complexity index is 427. The number of nitrogens with one attached hydrogen (secondary N) is 1. The molecule has 0 saturated heterocycles. The van der Waals surface area contributed by atoms with Crippen molar-refractivity contribution in [3.05, 3.63) is 11.4 Å². The van der Waals surface area contributed by atoms with E-state index in [9.17, 15) is 5.11 Å². The minimum atomic E-state index is -0.111. The van der Waals surface area contributed by atoms with Gasteiger partial charge in [-0.05, 0) is 25.7 Å². The van der Waals surface area contributed by atoms with Gasteiger partial charge in [-0.25, -0.2) is 9.97 Å². The van der Waals surface area contributed by atoms with Crippen LogP contribution in [0.2, 0.25) is 0 Å². The van der Waals surface area contributed by atoms with Crippen LogP contribution in [0.15, 0.2) is 0 Å². The summed E-state index contributed by atoms with van der Waals surface area (Å²) in [7, 11) is 0. The molecule has 0 radical (unpaired) electrons. The maximum absolute atomic E-state index is 9.26. The van der Waals surface area contributed by atoms with Crippen LogP contribution in [0.5, 0.6) is 0 Å². The first kappa shape index (κ1) is 13.1. The fraction of sp³-hybridized carbons (Fsp3) is 0.692. The van der Waals surface area contributed by atoms with Crippen molar-refractivity contribution >= 4 is 11.6 Å². The topological polar surface area (TPSA) is 84.1 Å². The molecule has 0 atom stereocenters. The number of nitrogen functional groups attached to an aromatic ring is 1. The second-order valence-electron chi connectivity index (χ2n) is 5.47. The fourth-order valence-corrected chi connectivity index (χ4v) is 2.09. The monoisotopic (exact) mass is 250 g/mol. The molecule has 1 aliphatic carbocycles. The van der Waals surface area contributed by atoms with Crippen molar-refractivity contribution in [3.63, 3.8) is 0 Å². The van der Waals surface area contributed by atoms with Crippen LogP contribution >= 0.6 is 0 Å². The molecular weight excluding hydrogens is 228 g/mol. The van der Waals surface area contributed by atoms with Gasteiger partial charge in [0.25, 0.3) is 0 Å². The summed E-state index contributed by atoms with van der Waals surface area (Å²) in [5.41, 5.74) is 6.81. The van der Waals surface area contributed by atoms with Crippen LogP contribution in [-0.2, 0) is 0 Å². The predicted molar refractivity (Wildman–Crippen MR) is 72.5 cm³/mol. The number of aliphatic hydroxyl groups is 1. The van der Waals surface area contributed by atoms with E-state index >= 15 is 0 Å². The minimum Gasteiger partial charge on any atom is -0.393 e. The molecule has 0 aromatic carbocycles. The summed E-state index contributed by atoms with van der Waals surface area (Å²) in [4.78, 5) is 8.81. The first-order chi connectivity index (χ1) is 8.47. The van der Waals surface area contributed by atoms with Gasteiger partial charge in [0.2, 0.25) is 0 Å². The summed E-state index contributed by atoms with van der Waals surface area (Å²) in [5, 5.41) is 12.6. The van der Waals surface area contributed by atoms with Gasteiger partial charge in [-0.3, -0.25) is 0 Å². The zero-order valence-electron chi connectivity index (χ0n) is 11.3. The molecule has 5 heteroatoms. The smallest absolute Gasteiger partial charge is 0.135 e. The van der Waals surface area contributed by atoms with Crippen molar-refractivity contribution in [2.75, 3.05) is 17.6 Å². The Balaban J connectivity index is 2.06. The lowest BCUT2D eigenvalue weighted by atomic mass is 9.82. The molecule has 1 aliphatic rings. The summed E-state index contributed by atoms with van der Waals surface area (Å²) in [6.45, 7) is 6.87. The number of aliphatic hydroxyl groups excluding tert-OH is 1. The maximum Gasteiger partial charge on any atom is 0.135 e. The number of rotatable bonds is 4. The summed E-state index contributed by atoms with van der Waals surface area (Å²) < 4.78 is 0. The Morgan fingerprint density at radius 3 is 2.61 bits per heavy atom. The van der Waals surface area contributed by atoms with Crippen LogP contribution in [0, 0.1) is 12.8 Å². The normalized spacial score (nSPS) is 22.9. The van der Waals surface area contributed by atoms with Crippen LogP contribution in [0.1, 0.15) is 44.0 Å². The maximum atomic E-state index is 9.26. The highest BCUT2D eigenvalue weighted by Crippen LogP contribution is 2.28. The molecule has 0 aliphatic heterocycles. The Morgan fingerprint density at radius 2 is 2.06 bits per heavy atom. The molecule has 0 bridgehead atoms. The predicted octanol–water partition coefficient (Wildman–Crippen LogP) is 1.67. The number of hydrogen-bond acceptors (Lipinski definition) is 5. The van der Waals surface area contributed by atoms with Gasteiger partial charge in [-0.2, -0.15) is 0 Å². The van der Waals surface area contributed by atoms with Gasteiger partial charge in [-0.1, -0.05) is 13.8 Å². The van der Waals surface area contributed by atoms with Crippen molar-refractivity contribution in [1.29, 1.82) is 0 Å². The van der Waals surface area contributed by atoms with E-state index in [2.05, 4.69) is 29.1 Å². The second-order valence-corrected chi connectivity index (χ2v) is 5.47. The second kappa shape index (κ2) is 5.10. The molecular formula is C13H22N4O. The van der Waals surface area contributed by atoms with E-state index in [0.29, 0.717) is 11.7 Å².